The molecule has 0 atom stereocenters. The second-order valence-electron chi connectivity index (χ2n) is 10.2. The highest BCUT2D eigenvalue weighted by Gasteiger charge is 2.18. The van der Waals surface area contributed by atoms with Crippen LogP contribution in [-0.2, 0) is 13.1 Å². The summed E-state index contributed by atoms with van der Waals surface area (Å²) in [6.45, 7) is 15.0. The van der Waals surface area contributed by atoms with Crippen molar-refractivity contribution >= 4 is 0 Å². The molecule has 184 valence electrons. The van der Waals surface area contributed by atoms with Crippen molar-refractivity contribution in [1.82, 2.24) is 19.8 Å². The van der Waals surface area contributed by atoms with Crippen molar-refractivity contribution in [2.45, 2.75) is 40.8 Å². The van der Waals surface area contributed by atoms with Crippen LogP contribution in [0.2, 0.25) is 0 Å². The maximum absolute atomic E-state index is 4.68. The Balaban J connectivity index is 1.19. The highest BCUT2D eigenvalue weighted by atomic mass is 15.3. The third kappa shape index (κ3) is 5.56. The van der Waals surface area contributed by atoms with Gasteiger partial charge in [0.2, 0.25) is 0 Å². The molecule has 3 heterocycles. The van der Waals surface area contributed by atoms with Crippen molar-refractivity contribution in [3.05, 3.63) is 106 Å². The van der Waals surface area contributed by atoms with Crippen LogP contribution < -0.4 is 0 Å². The molecule has 0 aliphatic carbocycles. The van der Waals surface area contributed by atoms with Gasteiger partial charge in [0.15, 0.2) is 0 Å². The lowest BCUT2D eigenvalue weighted by Gasteiger charge is -2.34. The first-order valence-electron chi connectivity index (χ1n) is 12.9. The van der Waals surface area contributed by atoms with Gasteiger partial charge in [-0.2, -0.15) is 0 Å². The van der Waals surface area contributed by atoms with Gasteiger partial charge in [-0.1, -0.05) is 24.3 Å². The Bertz CT molecular complexity index is 1330. The van der Waals surface area contributed by atoms with Crippen LogP contribution in [0.5, 0.6) is 0 Å². The van der Waals surface area contributed by atoms with E-state index in [4.69, 9.17) is 0 Å². The van der Waals surface area contributed by atoms with Crippen LogP contribution in [0.4, 0.5) is 0 Å². The van der Waals surface area contributed by atoms with E-state index in [0.717, 1.165) is 50.7 Å². The van der Waals surface area contributed by atoms with Crippen LogP contribution in [0.25, 0.3) is 22.5 Å². The largest absolute Gasteiger partial charge is 0.297 e. The Kier molecular flexibility index (Phi) is 7.26. The first kappa shape index (κ1) is 24.4. The van der Waals surface area contributed by atoms with Gasteiger partial charge in [-0.15, -0.1) is 0 Å². The average Bonchev–Trinajstić information content (AvgIpc) is 2.89. The molecule has 4 heteroatoms. The summed E-state index contributed by atoms with van der Waals surface area (Å²) in [7, 11) is 0. The normalized spacial score (nSPS) is 14.8. The number of rotatable bonds is 6. The number of hydrogen-bond donors (Lipinski definition) is 0. The van der Waals surface area contributed by atoms with E-state index in [0.29, 0.717) is 0 Å². The maximum Gasteiger partial charge on any atom is 0.0707 e. The summed E-state index contributed by atoms with van der Waals surface area (Å²) in [5.41, 5.74) is 12.5. The number of aromatic nitrogens is 2. The summed E-state index contributed by atoms with van der Waals surface area (Å²) in [4.78, 5) is 14.4. The molecule has 1 saturated heterocycles. The molecule has 1 aliphatic heterocycles. The van der Waals surface area contributed by atoms with Crippen LogP contribution in [0.1, 0.15) is 33.4 Å². The summed E-state index contributed by atoms with van der Waals surface area (Å²) in [6, 6.07) is 21.8. The van der Waals surface area contributed by atoms with E-state index in [9.17, 15) is 0 Å². The smallest absolute Gasteiger partial charge is 0.0707 e. The van der Waals surface area contributed by atoms with Crippen molar-refractivity contribution in [2.75, 3.05) is 26.2 Å². The number of hydrogen-bond acceptors (Lipinski definition) is 4. The third-order valence-corrected chi connectivity index (χ3v) is 7.57. The molecule has 1 fully saturated rings. The quantitative estimate of drug-likeness (QED) is 0.324. The van der Waals surface area contributed by atoms with Gasteiger partial charge in [-0.25, -0.2) is 0 Å². The molecule has 2 aromatic heterocycles. The SMILES string of the molecule is Cc1ccccc1-c1cc(CN2CCN(Cc3ccnc(-c4cc(C)c(C)c(C)c4)c3)CC2)ccn1. The second-order valence-corrected chi connectivity index (χ2v) is 10.2. The summed E-state index contributed by atoms with van der Waals surface area (Å²) in [6.07, 6.45) is 3.91. The van der Waals surface area contributed by atoms with Crippen molar-refractivity contribution < 1.29 is 0 Å². The van der Waals surface area contributed by atoms with Crippen molar-refractivity contribution in [3.63, 3.8) is 0 Å². The molecule has 0 amide bonds. The predicted octanol–water partition coefficient (Wildman–Crippen LogP) is 6.36. The minimum Gasteiger partial charge on any atom is -0.297 e. The van der Waals surface area contributed by atoms with E-state index in [1.54, 1.807) is 0 Å². The van der Waals surface area contributed by atoms with Crippen LogP contribution in [0.15, 0.2) is 73.1 Å². The van der Waals surface area contributed by atoms with Gasteiger partial charge in [0.25, 0.3) is 0 Å². The van der Waals surface area contributed by atoms with Crippen molar-refractivity contribution in [2.24, 2.45) is 0 Å². The van der Waals surface area contributed by atoms with Gasteiger partial charge >= 0.3 is 0 Å². The summed E-state index contributed by atoms with van der Waals surface area (Å²) >= 11 is 0. The number of aryl methyl sites for hydroxylation is 3. The fraction of sp³-hybridized carbons (Fsp3) is 0.312. The molecular formula is C32H36N4. The lowest BCUT2D eigenvalue weighted by molar-refractivity contribution is 0.122. The van der Waals surface area contributed by atoms with E-state index in [2.05, 4.69) is 108 Å². The highest BCUT2D eigenvalue weighted by molar-refractivity contribution is 5.64. The van der Waals surface area contributed by atoms with Gasteiger partial charge in [-0.05, 0) is 97.5 Å². The minimum absolute atomic E-state index is 0.972. The molecule has 0 saturated carbocycles. The maximum atomic E-state index is 4.68. The molecular weight excluding hydrogens is 440 g/mol. The molecule has 4 nitrogen and oxygen atoms in total. The van der Waals surface area contributed by atoms with Crippen LogP contribution in [-0.4, -0.2) is 45.9 Å². The molecule has 0 unspecified atom stereocenters. The van der Waals surface area contributed by atoms with E-state index in [1.165, 1.54) is 44.5 Å². The molecule has 1 aliphatic rings. The minimum atomic E-state index is 0.972. The lowest BCUT2D eigenvalue weighted by Crippen LogP contribution is -2.45. The third-order valence-electron chi connectivity index (χ3n) is 7.57. The first-order chi connectivity index (χ1) is 17.5. The van der Waals surface area contributed by atoms with Gasteiger partial charge in [0.05, 0.1) is 11.4 Å². The Labute approximate surface area is 215 Å². The molecule has 0 spiro atoms. The first-order valence-corrected chi connectivity index (χ1v) is 12.9. The Hall–Kier alpha value is -3.34. The average molecular weight is 477 g/mol. The highest BCUT2D eigenvalue weighted by Crippen LogP contribution is 2.25. The van der Waals surface area contributed by atoms with Crippen LogP contribution >= 0.6 is 0 Å². The second kappa shape index (κ2) is 10.7. The molecule has 2 aromatic carbocycles. The summed E-state index contributed by atoms with van der Waals surface area (Å²) in [5.74, 6) is 0. The number of pyridine rings is 2. The number of benzene rings is 2. The fourth-order valence-electron chi connectivity index (χ4n) is 5.12. The Morgan fingerprint density at radius 1 is 0.611 bits per heavy atom. The Morgan fingerprint density at radius 3 is 1.72 bits per heavy atom. The van der Waals surface area contributed by atoms with Crippen LogP contribution in [0, 0.1) is 27.7 Å². The molecule has 0 N–H and O–H groups in total. The van der Waals surface area contributed by atoms with E-state index in [-0.39, 0.29) is 0 Å². The molecule has 36 heavy (non-hydrogen) atoms. The van der Waals surface area contributed by atoms with E-state index < -0.39 is 0 Å². The van der Waals surface area contributed by atoms with E-state index >= 15 is 0 Å². The lowest BCUT2D eigenvalue weighted by atomic mass is 9.98. The fourth-order valence-corrected chi connectivity index (χ4v) is 5.12. The number of piperazine rings is 1. The monoisotopic (exact) mass is 476 g/mol. The van der Waals surface area contributed by atoms with E-state index in [1.807, 2.05) is 12.4 Å². The zero-order chi connectivity index (χ0) is 25.1. The van der Waals surface area contributed by atoms with Crippen molar-refractivity contribution in [1.29, 1.82) is 0 Å². The van der Waals surface area contributed by atoms with Crippen LogP contribution in [0.3, 0.4) is 0 Å². The Morgan fingerprint density at radius 2 is 1.14 bits per heavy atom. The zero-order valence-electron chi connectivity index (χ0n) is 22.0. The molecule has 5 rings (SSSR count). The van der Waals surface area contributed by atoms with Crippen molar-refractivity contribution in [3.8, 4) is 22.5 Å². The van der Waals surface area contributed by atoms with Gasteiger partial charge < -0.3 is 0 Å². The molecule has 0 radical (unpaired) electrons. The topological polar surface area (TPSA) is 32.3 Å². The summed E-state index contributed by atoms with van der Waals surface area (Å²) < 4.78 is 0. The van der Waals surface area contributed by atoms with Gasteiger partial charge in [-0.3, -0.25) is 19.8 Å². The predicted molar refractivity (Wildman–Crippen MR) is 149 cm³/mol. The zero-order valence-corrected chi connectivity index (χ0v) is 22.0. The molecule has 0 bridgehead atoms. The van der Waals surface area contributed by atoms with Gasteiger partial charge in [0, 0.05) is 62.8 Å². The molecule has 4 aromatic rings. The summed E-state index contributed by atoms with van der Waals surface area (Å²) in [5, 5.41) is 0. The number of nitrogens with zero attached hydrogens (tertiary/aromatic N) is 4. The van der Waals surface area contributed by atoms with Gasteiger partial charge in [0.1, 0.15) is 0 Å². The standard InChI is InChI=1S/C32H36N4/c1-23-7-5-6-8-30(23)32-20-28(10-12-34-32)22-36-15-13-35(14-16-36)21-27-9-11-33-31(19-27)29-17-24(2)26(4)25(3)18-29/h5-12,17-20H,13-16,21-22H2,1-4H3.